The minimum atomic E-state index is -3.49. The Labute approximate surface area is 185 Å². The number of halogens is 2. The summed E-state index contributed by atoms with van der Waals surface area (Å²) in [6, 6.07) is 21.8. The molecule has 0 aliphatic heterocycles. The van der Waals surface area contributed by atoms with Gasteiger partial charge in [-0.1, -0.05) is 53.5 Å². The molecule has 4 aromatic rings. The molecule has 0 aliphatic rings. The molecule has 0 bridgehead atoms. The molecule has 0 unspecified atom stereocenters. The fourth-order valence-corrected chi connectivity index (χ4v) is 4.57. The monoisotopic (exact) mass is 456 g/mol. The molecular weight excluding hydrogens is 439 g/mol. The van der Waals surface area contributed by atoms with Gasteiger partial charge in [0.1, 0.15) is 0 Å². The molecule has 3 aromatic carbocycles. The zero-order valence-corrected chi connectivity index (χ0v) is 18.6. The zero-order chi connectivity index (χ0) is 21.5. The molecule has 30 heavy (non-hydrogen) atoms. The highest BCUT2D eigenvalue weighted by molar-refractivity contribution is 7.89. The first-order chi connectivity index (χ1) is 14.3. The molecule has 0 atom stereocenters. The maximum absolute atomic E-state index is 12.3. The minimum absolute atomic E-state index is 0.232. The van der Waals surface area contributed by atoms with Crippen LogP contribution >= 0.6 is 23.2 Å². The fourth-order valence-electron chi connectivity index (χ4n) is 3.26. The SMILES string of the molecule is CN(C)S(=O)(=O)c1ccc(-c2cc(-c3ccccc3Cl)c3cc(Cl)ccc3n2)cc1. The number of pyridine rings is 1. The van der Waals surface area contributed by atoms with E-state index in [9.17, 15) is 8.42 Å². The van der Waals surface area contributed by atoms with Gasteiger partial charge in [-0.2, -0.15) is 0 Å². The van der Waals surface area contributed by atoms with Crippen molar-refractivity contribution in [1.82, 2.24) is 9.29 Å². The van der Waals surface area contributed by atoms with Gasteiger partial charge in [0, 0.05) is 40.7 Å². The van der Waals surface area contributed by atoms with Gasteiger partial charge in [0.15, 0.2) is 0 Å². The van der Waals surface area contributed by atoms with Crippen LogP contribution in [0.3, 0.4) is 0 Å². The zero-order valence-electron chi connectivity index (χ0n) is 16.3. The average Bonchev–Trinajstić information content (AvgIpc) is 2.73. The molecule has 0 N–H and O–H groups in total. The van der Waals surface area contributed by atoms with Gasteiger partial charge in [-0.3, -0.25) is 0 Å². The van der Waals surface area contributed by atoms with Gasteiger partial charge in [0.05, 0.1) is 16.1 Å². The van der Waals surface area contributed by atoms with Crippen molar-refractivity contribution in [2.75, 3.05) is 14.1 Å². The van der Waals surface area contributed by atoms with Crippen LogP contribution in [-0.4, -0.2) is 31.8 Å². The van der Waals surface area contributed by atoms with Crippen LogP contribution in [0.4, 0.5) is 0 Å². The Morgan fingerprint density at radius 1 is 0.833 bits per heavy atom. The summed E-state index contributed by atoms with van der Waals surface area (Å²) in [7, 11) is -0.473. The van der Waals surface area contributed by atoms with Crippen molar-refractivity contribution >= 4 is 44.1 Å². The topological polar surface area (TPSA) is 50.3 Å². The van der Waals surface area contributed by atoms with E-state index in [0.717, 1.165) is 27.6 Å². The van der Waals surface area contributed by atoms with E-state index in [1.165, 1.54) is 18.4 Å². The summed E-state index contributed by atoms with van der Waals surface area (Å²) >= 11 is 12.7. The maximum atomic E-state index is 12.3. The van der Waals surface area contributed by atoms with Gasteiger partial charge in [0.2, 0.25) is 10.0 Å². The van der Waals surface area contributed by atoms with Gasteiger partial charge in [-0.05, 0) is 48.0 Å². The smallest absolute Gasteiger partial charge is 0.242 e. The lowest BCUT2D eigenvalue weighted by molar-refractivity contribution is 0.521. The van der Waals surface area contributed by atoms with Crippen molar-refractivity contribution in [2.45, 2.75) is 4.90 Å². The summed E-state index contributed by atoms with van der Waals surface area (Å²) in [5.74, 6) is 0. The van der Waals surface area contributed by atoms with Crippen molar-refractivity contribution in [3.63, 3.8) is 0 Å². The first-order valence-corrected chi connectivity index (χ1v) is 11.3. The summed E-state index contributed by atoms with van der Waals surface area (Å²) in [6.45, 7) is 0. The van der Waals surface area contributed by atoms with Crippen molar-refractivity contribution in [3.05, 3.63) is 82.8 Å². The van der Waals surface area contributed by atoms with E-state index in [1.54, 1.807) is 30.3 Å². The van der Waals surface area contributed by atoms with Crippen LogP contribution in [0.25, 0.3) is 33.3 Å². The third kappa shape index (κ3) is 3.82. The Hall–Kier alpha value is -2.44. The second kappa shape index (κ2) is 8.00. The van der Waals surface area contributed by atoms with Crippen LogP contribution in [0, 0.1) is 0 Å². The number of sulfonamides is 1. The fraction of sp³-hybridized carbons (Fsp3) is 0.0870. The molecule has 1 aromatic heterocycles. The molecule has 0 saturated heterocycles. The first-order valence-electron chi connectivity index (χ1n) is 9.15. The van der Waals surface area contributed by atoms with Crippen molar-refractivity contribution in [3.8, 4) is 22.4 Å². The highest BCUT2D eigenvalue weighted by atomic mass is 35.5. The van der Waals surface area contributed by atoms with E-state index < -0.39 is 10.0 Å². The molecule has 0 saturated carbocycles. The third-order valence-electron chi connectivity index (χ3n) is 4.86. The molecule has 7 heteroatoms. The largest absolute Gasteiger partial charge is 0.248 e. The molecule has 1 heterocycles. The number of aromatic nitrogens is 1. The molecular formula is C23H18Cl2N2O2S. The molecule has 4 rings (SSSR count). The normalized spacial score (nSPS) is 11.9. The van der Waals surface area contributed by atoms with Crippen LogP contribution in [0.15, 0.2) is 77.7 Å². The van der Waals surface area contributed by atoms with Gasteiger partial charge in [-0.25, -0.2) is 17.7 Å². The van der Waals surface area contributed by atoms with Crippen molar-refractivity contribution in [2.24, 2.45) is 0 Å². The Bertz CT molecular complexity index is 1350. The van der Waals surface area contributed by atoms with Gasteiger partial charge in [-0.15, -0.1) is 0 Å². The summed E-state index contributed by atoms with van der Waals surface area (Å²) in [5.41, 5.74) is 4.08. The number of hydrogen-bond acceptors (Lipinski definition) is 3. The Morgan fingerprint density at radius 2 is 1.53 bits per heavy atom. The number of benzene rings is 3. The first kappa shape index (κ1) is 20.8. The maximum Gasteiger partial charge on any atom is 0.242 e. The van der Waals surface area contributed by atoms with Crippen LogP contribution in [0.1, 0.15) is 0 Å². The van der Waals surface area contributed by atoms with E-state index in [-0.39, 0.29) is 4.90 Å². The van der Waals surface area contributed by atoms with Gasteiger partial charge < -0.3 is 0 Å². The molecule has 0 fully saturated rings. The number of rotatable bonds is 4. The van der Waals surface area contributed by atoms with Crippen LogP contribution in [0.5, 0.6) is 0 Å². The van der Waals surface area contributed by atoms with Crippen molar-refractivity contribution < 1.29 is 8.42 Å². The van der Waals surface area contributed by atoms with E-state index in [2.05, 4.69) is 0 Å². The average molecular weight is 457 g/mol. The van der Waals surface area contributed by atoms with Crippen LogP contribution in [0.2, 0.25) is 10.0 Å². The van der Waals surface area contributed by atoms with E-state index >= 15 is 0 Å². The summed E-state index contributed by atoms with van der Waals surface area (Å²) in [6.07, 6.45) is 0. The van der Waals surface area contributed by atoms with Crippen LogP contribution in [-0.2, 0) is 10.0 Å². The standard InChI is InChI=1S/C23H18Cl2N2O2S/c1-27(2)30(28,29)17-10-7-15(8-11-17)23-14-19(18-5-3-4-6-21(18)25)20-13-16(24)9-12-22(20)26-23/h3-14H,1-2H3. The predicted octanol–water partition coefficient (Wildman–Crippen LogP) is 6.13. The Balaban J connectivity index is 1.91. The Morgan fingerprint density at radius 3 is 2.20 bits per heavy atom. The van der Waals surface area contributed by atoms with E-state index in [0.29, 0.717) is 15.7 Å². The third-order valence-corrected chi connectivity index (χ3v) is 7.26. The summed E-state index contributed by atoms with van der Waals surface area (Å²) < 4.78 is 25.9. The number of nitrogens with zero attached hydrogens (tertiary/aromatic N) is 2. The van der Waals surface area contributed by atoms with E-state index in [4.69, 9.17) is 28.2 Å². The van der Waals surface area contributed by atoms with E-state index in [1.807, 2.05) is 42.5 Å². The highest BCUT2D eigenvalue weighted by Crippen LogP contribution is 2.36. The quantitative estimate of drug-likeness (QED) is 0.371. The second-order valence-corrected chi connectivity index (χ2v) is 10.0. The molecule has 0 amide bonds. The van der Waals surface area contributed by atoms with Crippen LogP contribution < -0.4 is 0 Å². The molecule has 0 spiro atoms. The molecule has 0 radical (unpaired) electrons. The number of fused-ring (bicyclic) bond motifs is 1. The lowest BCUT2D eigenvalue weighted by Crippen LogP contribution is -2.22. The summed E-state index contributed by atoms with van der Waals surface area (Å²) in [4.78, 5) is 5.00. The second-order valence-electron chi connectivity index (χ2n) is 7.01. The molecule has 4 nitrogen and oxygen atoms in total. The molecule has 152 valence electrons. The van der Waals surface area contributed by atoms with Gasteiger partial charge in [0.25, 0.3) is 0 Å². The van der Waals surface area contributed by atoms with Crippen molar-refractivity contribution in [1.29, 1.82) is 0 Å². The lowest BCUT2D eigenvalue weighted by atomic mass is 9.98. The highest BCUT2D eigenvalue weighted by Gasteiger charge is 2.17. The van der Waals surface area contributed by atoms with Gasteiger partial charge >= 0.3 is 0 Å². The Kier molecular flexibility index (Phi) is 5.55. The molecule has 0 aliphatic carbocycles. The lowest BCUT2D eigenvalue weighted by Gasteiger charge is -2.13. The summed E-state index contributed by atoms with van der Waals surface area (Å²) in [5, 5.41) is 2.14. The predicted molar refractivity (Wildman–Crippen MR) is 124 cm³/mol. The number of hydrogen-bond donors (Lipinski definition) is 0. The minimum Gasteiger partial charge on any atom is -0.248 e.